The van der Waals surface area contributed by atoms with Gasteiger partial charge in [-0.3, -0.25) is 4.79 Å². The zero-order chi connectivity index (χ0) is 27.2. The van der Waals surface area contributed by atoms with Crippen molar-refractivity contribution in [3.8, 4) is 5.75 Å². The number of H-pyrrole nitrogens is 1. The van der Waals surface area contributed by atoms with Gasteiger partial charge in [-0.1, -0.05) is 42.5 Å². The number of rotatable bonds is 7. The van der Waals surface area contributed by atoms with E-state index in [9.17, 15) is 14.4 Å². The van der Waals surface area contributed by atoms with E-state index in [-0.39, 0.29) is 5.91 Å². The molecule has 0 aliphatic carbocycles. The van der Waals surface area contributed by atoms with Crippen molar-refractivity contribution in [3.05, 3.63) is 95.2 Å². The summed E-state index contributed by atoms with van der Waals surface area (Å²) in [5.41, 5.74) is 5.87. The van der Waals surface area contributed by atoms with Crippen LogP contribution in [0.1, 0.15) is 33.0 Å². The molecule has 0 atom stereocenters. The van der Waals surface area contributed by atoms with Crippen LogP contribution in [0.4, 0.5) is 0 Å². The molecular formula is C28H28N4O6. The van der Waals surface area contributed by atoms with Crippen LogP contribution in [0.3, 0.4) is 0 Å². The summed E-state index contributed by atoms with van der Waals surface area (Å²) >= 11 is 0. The van der Waals surface area contributed by atoms with Crippen LogP contribution in [-0.4, -0.2) is 54.0 Å². The maximum atomic E-state index is 13.4. The van der Waals surface area contributed by atoms with Crippen molar-refractivity contribution in [3.63, 3.8) is 0 Å². The molecule has 1 amide bonds. The number of carboxylic acid groups (broad SMARTS) is 2. The third-order valence-electron chi connectivity index (χ3n) is 6.30. The first kappa shape index (κ1) is 26.2. The number of nitrogens with one attached hydrogen (secondary N) is 1. The summed E-state index contributed by atoms with van der Waals surface area (Å²) in [5.74, 6) is -1.65. The molecule has 4 aromatic rings. The molecule has 0 unspecified atom stereocenters. The van der Waals surface area contributed by atoms with E-state index in [0.717, 1.165) is 51.3 Å². The van der Waals surface area contributed by atoms with Crippen LogP contribution in [0, 0.1) is 6.92 Å². The number of aliphatic carboxylic acids is 2. The van der Waals surface area contributed by atoms with Crippen LogP contribution in [-0.2, 0) is 36.2 Å². The van der Waals surface area contributed by atoms with Gasteiger partial charge in [0.1, 0.15) is 12.4 Å². The molecule has 3 N–H and O–H groups in total. The van der Waals surface area contributed by atoms with Crippen molar-refractivity contribution in [1.82, 2.24) is 19.4 Å². The second-order valence-corrected chi connectivity index (χ2v) is 8.77. The normalized spacial score (nSPS) is 12.8. The molecule has 0 saturated heterocycles. The number of carboxylic acids is 2. The van der Waals surface area contributed by atoms with Crippen LogP contribution in [0.15, 0.2) is 67.0 Å². The minimum atomic E-state index is -1.26. The Morgan fingerprint density at radius 2 is 1.79 bits per heavy atom. The van der Waals surface area contributed by atoms with Gasteiger partial charge in [-0.2, -0.15) is 0 Å². The van der Waals surface area contributed by atoms with E-state index >= 15 is 0 Å². The number of imidazole rings is 1. The number of benzene rings is 2. The van der Waals surface area contributed by atoms with E-state index in [4.69, 9.17) is 14.9 Å². The Morgan fingerprint density at radius 3 is 2.42 bits per heavy atom. The third-order valence-corrected chi connectivity index (χ3v) is 6.30. The zero-order valence-electron chi connectivity index (χ0n) is 21.0. The Kier molecular flexibility index (Phi) is 7.91. The standard InChI is InChI=1S/C24H24N4O2.C4H4O4/c1-16-19(26-15-25-16)13-28-12-11-20-22(24(28)29)18-9-6-10-21(23(18)27(20)2)30-14-17-7-4-3-5-8-17;5-3(6)1-2-4(7)8/h3-10,15H,11-14H2,1-2H3,(H,25,26);1-2H,(H,5,6)(H,7,8). The molecule has 0 bridgehead atoms. The second kappa shape index (κ2) is 11.5. The highest BCUT2D eigenvalue weighted by atomic mass is 16.5. The van der Waals surface area contributed by atoms with E-state index in [1.54, 1.807) is 6.33 Å². The SMILES string of the molecule is Cc1[nH]cnc1CN1CCc2c(c3cccc(OCc4ccccc4)c3n2C)C1=O.O=C(O)C=CC(=O)O. The van der Waals surface area contributed by atoms with Gasteiger partial charge in [0.05, 0.1) is 29.6 Å². The van der Waals surface area contributed by atoms with Crippen molar-refractivity contribution in [1.29, 1.82) is 0 Å². The number of hydrogen-bond donors (Lipinski definition) is 3. The van der Waals surface area contributed by atoms with Gasteiger partial charge >= 0.3 is 11.9 Å². The molecule has 10 heteroatoms. The molecule has 10 nitrogen and oxygen atoms in total. The Balaban J connectivity index is 0.000000368. The number of nitrogens with zero attached hydrogens (tertiary/aromatic N) is 3. The Morgan fingerprint density at radius 1 is 1.08 bits per heavy atom. The molecule has 5 rings (SSSR count). The number of aromatic nitrogens is 3. The average molecular weight is 517 g/mol. The lowest BCUT2D eigenvalue weighted by atomic mass is 10.0. The number of fused-ring (bicyclic) bond motifs is 3. The van der Waals surface area contributed by atoms with Crippen LogP contribution in [0.25, 0.3) is 10.9 Å². The summed E-state index contributed by atoms with van der Waals surface area (Å²) < 4.78 is 8.29. The molecule has 1 aliphatic heterocycles. The molecule has 0 spiro atoms. The van der Waals surface area contributed by atoms with Gasteiger partial charge < -0.3 is 29.4 Å². The molecule has 0 saturated carbocycles. The number of amides is 1. The van der Waals surface area contributed by atoms with Crippen LogP contribution >= 0.6 is 0 Å². The van der Waals surface area contributed by atoms with Gasteiger partial charge in [0.2, 0.25) is 0 Å². The summed E-state index contributed by atoms with van der Waals surface area (Å²) in [6.45, 7) is 3.68. The lowest BCUT2D eigenvalue weighted by Gasteiger charge is -2.27. The van der Waals surface area contributed by atoms with Crippen molar-refractivity contribution in [2.24, 2.45) is 7.05 Å². The number of hydrogen-bond acceptors (Lipinski definition) is 5. The molecular weight excluding hydrogens is 488 g/mol. The van der Waals surface area contributed by atoms with Gasteiger partial charge in [0.25, 0.3) is 5.91 Å². The van der Waals surface area contributed by atoms with Crippen molar-refractivity contribution < 1.29 is 29.3 Å². The van der Waals surface area contributed by atoms with Crippen molar-refractivity contribution in [2.45, 2.75) is 26.5 Å². The smallest absolute Gasteiger partial charge is 0.328 e. The topological polar surface area (TPSA) is 138 Å². The van der Waals surface area contributed by atoms with Crippen molar-refractivity contribution in [2.75, 3.05) is 6.54 Å². The van der Waals surface area contributed by atoms with Crippen molar-refractivity contribution >= 4 is 28.7 Å². The van der Waals surface area contributed by atoms with Crippen LogP contribution < -0.4 is 4.74 Å². The Bertz CT molecular complexity index is 1490. The molecule has 0 radical (unpaired) electrons. The number of carbonyl (C=O) groups excluding carboxylic acids is 1. The predicted molar refractivity (Wildman–Crippen MR) is 140 cm³/mol. The quantitative estimate of drug-likeness (QED) is 0.319. The highest BCUT2D eigenvalue weighted by molar-refractivity contribution is 6.10. The molecule has 3 heterocycles. The van der Waals surface area contributed by atoms with E-state index in [0.29, 0.717) is 31.8 Å². The fourth-order valence-corrected chi connectivity index (χ4v) is 4.43. The molecule has 2 aromatic heterocycles. The summed E-state index contributed by atoms with van der Waals surface area (Å²) in [6, 6.07) is 16.1. The molecule has 2 aromatic carbocycles. The molecule has 0 fully saturated rings. The number of carbonyl (C=O) groups is 3. The first-order valence-corrected chi connectivity index (χ1v) is 11.9. The summed E-state index contributed by atoms with van der Waals surface area (Å²) in [4.78, 5) is 41.9. The van der Waals surface area contributed by atoms with E-state index in [1.807, 2.05) is 55.3 Å². The summed E-state index contributed by atoms with van der Waals surface area (Å²) in [5, 5.41) is 16.6. The number of para-hydroxylation sites is 1. The minimum Gasteiger partial charge on any atom is -0.487 e. The summed E-state index contributed by atoms with van der Waals surface area (Å²) in [6.07, 6.45) is 3.61. The Labute approximate surface area is 218 Å². The first-order valence-electron chi connectivity index (χ1n) is 11.9. The predicted octanol–water partition coefficient (Wildman–Crippen LogP) is 3.70. The number of aryl methyl sites for hydroxylation is 2. The largest absolute Gasteiger partial charge is 0.487 e. The maximum Gasteiger partial charge on any atom is 0.328 e. The average Bonchev–Trinajstić information content (AvgIpc) is 3.44. The second-order valence-electron chi connectivity index (χ2n) is 8.77. The fourth-order valence-electron chi connectivity index (χ4n) is 4.43. The lowest BCUT2D eigenvalue weighted by Crippen LogP contribution is -2.37. The van der Waals surface area contributed by atoms with E-state index in [1.165, 1.54) is 0 Å². The van der Waals surface area contributed by atoms with E-state index in [2.05, 4.69) is 26.7 Å². The van der Waals surface area contributed by atoms with E-state index < -0.39 is 11.9 Å². The highest BCUT2D eigenvalue weighted by Gasteiger charge is 2.31. The van der Waals surface area contributed by atoms with Gasteiger partial charge in [0, 0.05) is 48.9 Å². The number of aromatic amines is 1. The van der Waals surface area contributed by atoms with Gasteiger partial charge in [0.15, 0.2) is 0 Å². The monoisotopic (exact) mass is 516 g/mol. The lowest BCUT2D eigenvalue weighted by molar-refractivity contribution is -0.134. The van der Waals surface area contributed by atoms with Crippen LogP contribution in [0.2, 0.25) is 0 Å². The van der Waals surface area contributed by atoms with Gasteiger partial charge in [-0.15, -0.1) is 0 Å². The summed E-state index contributed by atoms with van der Waals surface area (Å²) in [7, 11) is 2.03. The minimum absolute atomic E-state index is 0.0597. The van der Waals surface area contributed by atoms with Gasteiger partial charge in [-0.25, -0.2) is 14.6 Å². The highest BCUT2D eigenvalue weighted by Crippen LogP contribution is 2.36. The van der Waals surface area contributed by atoms with Gasteiger partial charge in [-0.05, 0) is 18.6 Å². The molecule has 196 valence electrons. The van der Waals surface area contributed by atoms with Crippen LogP contribution in [0.5, 0.6) is 5.75 Å². The molecule has 38 heavy (non-hydrogen) atoms. The zero-order valence-corrected chi connectivity index (χ0v) is 21.0. The Hall–Kier alpha value is -4.86. The maximum absolute atomic E-state index is 13.4. The third kappa shape index (κ3) is 5.75. The fraction of sp³-hybridized carbons (Fsp3) is 0.214. The first-order chi connectivity index (χ1) is 18.3. The molecule has 1 aliphatic rings. The number of ether oxygens (including phenoxy) is 1.